The molecule has 2 fully saturated rings. The third kappa shape index (κ3) is 3.67. The molecule has 1 heterocycles. The fraction of sp³-hybridized carbons (Fsp3) is 0.867. The van der Waals surface area contributed by atoms with Crippen molar-refractivity contribution in [3.05, 3.63) is 0 Å². The Morgan fingerprint density at radius 3 is 2.19 bits per heavy atom. The minimum atomic E-state index is 0.0274. The van der Waals surface area contributed by atoms with Gasteiger partial charge in [0.2, 0.25) is 5.91 Å². The van der Waals surface area contributed by atoms with Crippen molar-refractivity contribution in [1.82, 2.24) is 14.7 Å². The average molecular weight is 296 g/mol. The second kappa shape index (κ2) is 7.11. The largest absolute Gasteiger partial charge is 0.339 e. The van der Waals surface area contributed by atoms with Crippen LogP contribution in [0.2, 0.25) is 0 Å². The second-order valence-electron chi connectivity index (χ2n) is 6.38. The molecular weight excluding hydrogens is 268 g/mol. The number of hydrogen-bond donors (Lipinski definition) is 1. The van der Waals surface area contributed by atoms with Gasteiger partial charge in [-0.25, -0.2) is 4.79 Å². The zero-order chi connectivity index (χ0) is 15.4. The fourth-order valence-electron chi connectivity index (χ4n) is 3.45. The molecule has 3 amide bonds. The molecule has 2 rings (SSSR count). The molecule has 1 saturated carbocycles. The molecule has 120 valence electrons. The van der Waals surface area contributed by atoms with Crippen molar-refractivity contribution in [2.45, 2.75) is 25.7 Å². The van der Waals surface area contributed by atoms with Crippen LogP contribution in [0.15, 0.2) is 0 Å². The third-order valence-corrected chi connectivity index (χ3v) is 4.77. The molecule has 0 radical (unpaired) electrons. The number of nitrogens with two attached hydrogens (primary N) is 1. The lowest BCUT2D eigenvalue weighted by atomic mass is 9.78. The summed E-state index contributed by atoms with van der Waals surface area (Å²) in [6.45, 7) is 3.15. The van der Waals surface area contributed by atoms with E-state index in [9.17, 15) is 9.59 Å². The molecule has 6 heteroatoms. The number of nitrogens with zero attached hydrogens (tertiary/aromatic N) is 3. The molecule has 0 aromatic rings. The van der Waals surface area contributed by atoms with Gasteiger partial charge in [0.05, 0.1) is 0 Å². The highest BCUT2D eigenvalue weighted by Crippen LogP contribution is 2.31. The molecule has 2 unspecified atom stereocenters. The quantitative estimate of drug-likeness (QED) is 0.810. The first kappa shape index (κ1) is 16.1. The zero-order valence-corrected chi connectivity index (χ0v) is 13.3. The lowest BCUT2D eigenvalue weighted by Crippen LogP contribution is -2.54. The van der Waals surface area contributed by atoms with Gasteiger partial charge in [0.1, 0.15) is 0 Å². The van der Waals surface area contributed by atoms with Crippen LogP contribution >= 0.6 is 0 Å². The van der Waals surface area contributed by atoms with Crippen molar-refractivity contribution in [1.29, 1.82) is 0 Å². The van der Waals surface area contributed by atoms with Crippen LogP contribution in [0.4, 0.5) is 4.79 Å². The number of carbonyl (C=O) groups is 2. The Kier molecular flexibility index (Phi) is 5.45. The first-order chi connectivity index (χ1) is 10.0. The van der Waals surface area contributed by atoms with E-state index in [4.69, 9.17) is 5.73 Å². The van der Waals surface area contributed by atoms with Crippen molar-refractivity contribution >= 4 is 11.9 Å². The van der Waals surface area contributed by atoms with Gasteiger partial charge < -0.3 is 20.4 Å². The van der Waals surface area contributed by atoms with Gasteiger partial charge >= 0.3 is 6.03 Å². The molecule has 1 aliphatic heterocycles. The van der Waals surface area contributed by atoms with Gasteiger partial charge in [0.15, 0.2) is 0 Å². The van der Waals surface area contributed by atoms with Crippen molar-refractivity contribution < 1.29 is 9.59 Å². The van der Waals surface area contributed by atoms with E-state index in [-0.39, 0.29) is 17.9 Å². The van der Waals surface area contributed by atoms with E-state index in [1.807, 2.05) is 9.80 Å². The summed E-state index contributed by atoms with van der Waals surface area (Å²) in [6, 6.07) is 0.0274. The van der Waals surface area contributed by atoms with Gasteiger partial charge in [0.25, 0.3) is 0 Å². The van der Waals surface area contributed by atoms with E-state index in [1.54, 1.807) is 19.0 Å². The number of piperazine rings is 1. The first-order valence-corrected chi connectivity index (χ1v) is 7.99. The van der Waals surface area contributed by atoms with Crippen LogP contribution in [0.5, 0.6) is 0 Å². The maximum Gasteiger partial charge on any atom is 0.319 e. The minimum absolute atomic E-state index is 0.0274. The van der Waals surface area contributed by atoms with Crippen LogP contribution in [0.1, 0.15) is 25.7 Å². The van der Waals surface area contributed by atoms with Gasteiger partial charge in [-0.3, -0.25) is 4.79 Å². The molecule has 2 aliphatic rings. The Labute approximate surface area is 127 Å². The predicted octanol–water partition coefficient (Wildman–Crippen LogP) is 0.577. The Bertz CT molecular complexity index is 378. The number of rotatable bonds is 2. The van der Waals surface area contributed by atoms with Crippen LogP contribution in [-0.2, 0) is 4.79 Å². The average Bonchev–Trinajstić information content (AvgIpc) is 2.53. The van der Waals surface area contributed by atoms with Crippen LogP contribution in [0, 0.1) is 11.8 Å². The summed E-state index contributed by atoms with van der Waals surface area (Å²) in [4.78, 5) is 29.9. The second-order valence-corrected chi connectivity index (χ2v) is 6.38. The van der Waals surface area contributed by atoms with Crippen LogP contribution in [-0.4, -0.2) is 73.5 Å². The highest BCUT2D eigenvalue weighted by molar-refractivity contribution is 5.80. The molecule has 0 bridgehead atoms. The molecule has 1 saturated heterocycles. The number of carbonyl (C=O) groups excluding carboxylic acids is 2. The summed E-state index contributed by atoms with van der Waals surface area (Å²) in [5, 5.41) is 0. The molecule has 0 aromatic heterocycles. The molecule has 6 nitrogen and oxygen atoms in total. The number of hydrogen-bond acceptors (Lipinski definition) is 3. The number of urea groups is 1. The van der Waals surface area contributed by atoms with Gasteiger partial charge in [-0.2, -0.15) is 0 Å². The van der Waals surface area contributed by atoms with Gasteiger partial charge in [-0.15, -0.1) is 0 Å². The minimum Gasteiger partial charge on any atom is -0.339 e. The normalized spacial score (nSPS) is 26.6. The van der Waals surface area contributed by atoms with Crippen LogP contribution in [0.3, 0.4) is 0 Å². The van der Waals surface area contributed by atoms with Crippen LogP contribution < -0.4 is 5.73 Å². The topological polar surface area (TPSA) is 69.9 Å². The first-order valence-electron chi connectivity index (χ1n) is 7.99. The molecule has 0 aromatic carbocycles. The zero-order valence-electron chi connectivity index (χ0n) is 13.3. The Morgan fingerprint density at radius 1 is 1.05 bits per heavy atom. The van der Waals surface area contributed by atoms with E-state index in [1.165, 1.54) is 6.42 Å². The molecular formula is C15H28N4O2. The van der Waals surface area contributed by atoms with Gasteiger partial charge in [0, 0.05) is 46.2 Å². The van der Waals surface area contributed by atoms with Crippen molar-refractivity contribution in [3.8, 4) is 0 Å². The molecule has 2 atom stereocenters. The third-order valence-electron chi connectivity index (χ3n) is 4.77. The van der Waals surface area contributed by atoms with Gasteiger partial charge in [-0.05, 0) is 25.3 Å². The SMILES string of the molecule is CN(C)C(=O)N1CCN(C(=O)C2CCCCC2CN)CC1. The van der Waals surface area contributed by atoms with E-state index in [0.29, 0.717) is 38.6 Å². The van der Waals surface area contributed by atoms with Crippen molar-refractivity contribution in [3.63, 3.8) is 0 Å². The molecule has 0 spiro atoms. The molecule has 1 aliphatic carbocycles. The van der Waals surface area contributed by atoms with Crippen molar-refractivity contribution in [2.75, 3.05) is 46.8 Å². The van der Waals surface area contributed by atoms with Crippen molar-refractivity contribution in [2.24, 2.45) is 17.6 Å². The summed E-state index contributed by atoms with van der Waals surface area (Å²) in [5.74, 6) is 0.689. The Morgan fingerprint density at radius 2 is 1.62 bits per heavy atom. The Hall–Kier alpha value is -1.30. The van der Waals surface area contributed by atoms with Crippen LogP contribution in [0.25, 0.3) is 0 Å². The van der Waals surface area contributed by atoms with E-state index in [2.05, 4.69) is 0 Å². The highest BCUT2D eigenvalue weighted by Gasteiger charge is 2.34. The number of amides is 3. The maximum absolute atomic E-state index is 12.7. The molecule has 2 N–H and O–H groups in total. The van der Waals surface area contributed by atoms with E-state index < -0.39 is 0 Å². The summed E-state index contributed by atoms with van der Waals surface area (Å²) in [5.41, 5.74) is 5.83. The van der Waals surface area contributed by atoms with E-state index in [0.717, 1.165) is 19.3 Å². The Balaban J connectivity index is 1.89. The standard InChI is InChI=1S/C15H28N4O2/c1-17(2)15(21)19-9-7-18(8-10-19)14(20)13-6-4-3-5-12(13)11-16/h12-13H,3-11,16H2,1-2H3. The molecule has 21 heavy (non-hydrogen) atoms. The maximum atomic E-state index is 12.7. The predicted molar refractivity (Wildman–Crippen MR) is 81.7 cm³/mol. The lowest BCUT2D eigenvalue weighted by molar-refractivity contribution is -0.139. The van der Waals surface area contributed by atoms with E-state index >= 15 is 0 Å². The summed E-state index contributed by atoms with van der Waals surface area (Å²) in [6.07, 6.45) is 4.37. The fourth-order valence-corrected chi connectivity index (χ4v) is 3.45. The lowest BCUT2D eigenvalue weighted by Gasteiger charge is -2.39. The highest BCUT2D eigenvalue weighted by atomic mass is 16.2. The smallest absolute Gasteiger partial charge is 0.319 e. The summed E-state index contributed by atoms with van der Waals surface area (Å²) < 4.78 is 0. The summed E-state index contributed by atoms with van der Waals surface area (Å²) in [7, 11) is 3.52. The van der Waals surface area contributed by atoms with Gasteiger partial charge in [-0.1, -0.05) is 12.8 Å². The summed E-state index contributed by atoms with van der Waals surface area (Å²) >= 11 is 0. The monoisotopic (exact) mass is 296 g/mol.